The number of hydrogen-bond acceptors (Lipinski definition) is 1. The summed E-state index contributed by atoms with van der Waals surface area (Å²) in [5.41, 5.74) is 1.01. The fourth-order valence-corrected chi connectivity index (χ4v) is 2.27. The molecule has 0 saturated heterocycles. The molecule has 0 aliphatic rings. The van der Waals surface area contributed by atoms with Gasteiger partial charge in [-0.1, -0.05) is 35.8 Å². The molecular formula is C13H18BrFO. The molecule has 0 heterocycles. The molecule has 0 spiro atoms. The normalized spacial score (nSPS) is 12.9. The zero-order valence-electron chi connectivity index (χ0n) is 9.97. The van der Waals surface area contributed by atoms with Crippen LogP contribution in [0.2, 0.25) is 0 Å². The van der Waals surface area contributed by atoms with E-state index in [1.165, 1.54) is 6.07 Å². The second kappa shape index (κ2) is 6.24. The zero-order valence-corrected chi connectivity index (χ0v) is 11.6. The van der Waals surface area contributed by atoms with Crippen LogP contribution in [0.15, 0.2) is 18.2 Å². The SMILES string of the molecule is Cc1ccc(F)c(OCC(CBr)C(C)C)c1. The molecule has 0 aliphatic heterocycles. The largest absolute Gasteiger partial charge is 0.490 e. The summed E-state index contributed by atoms with van der Waals surface area (Å²) < 4.78 is 18.9. The van der Waals surface area contributed by atoms with Crippen molar-refractivity contribution in [3.63, 3.8) is 0 Å². The van der Waals surface area contributed by atoms with Crippen LogP contribution in [0.4, 0.5) is 4.39 Å². The second-order valence-electron chi connectivity index (χ2n) is 4.40. The van der Waals surface area contributed by atoms with Gasteiger partial charge in [0.1, 0.15) is 0 Å². The summed E-state index contributed by atoms with van der Waals surface area (Å²) in [5.74, 6) is 0.987. The molecule has 1 rings (SSSR count). The lowest BCUT2D eigenvalue weighted by molar-refractivity contribution is 0.219. The lowest BCUT2D eigenvalue weighted by Gasteiger charge is -2.19. The van der Waals surface area contributed by atoms with E-state index in [0.29, 0.717) is 24.2 Å². The van der Waals surface area contributed by atoms with Crippen LogP contribution in [0.1, 0.15) is 19.4 Å². The van der Waals surface area contributed by atoms with Crippen LogP contribution in [0.3, 0.4) is 0 Å². The highest BCUT2D eigenvalue weighted by Gasteiger charge is 2.13. The van der Waals surface area contributed by atoms with Gasteiger partial charge in [-0.3, -0.25) is 0 Å². The van der Waals surface area contributed by atoms with E-state index in [0.717, 1.165) is 10.9 Å². The van der Waals surface area contributed by atoms with Crippen LogP contribution in [0, 0.1) is 24.6 Å². The standard InChI is InChI=1S/C13H18BrFO/c1-9(2)11(7-14)8-16-13-6-10(3)4-5-12(13)15/h4-6,9,11H,7-8H2,1-3H3. The van der Waals surface area contributed by atoms with E-state index in [4.69, 9.17) is 4.74 Å². The van der Waals surface area contributed by atoms with E-state index in [1.807, 2.05) is 6.92 Å². The second-order valence-corrected chi connectivity index (χ2v) is 5.05. The van der Waals surface area contributed by atoms with Crippen LogP contribution >= 0.6 is 15.9 Å². The predicted octanol–water partition coefficient (Wildman–Crippen LogP) is 4.18. The molecule has 1 aromatic carbocycles. The first-order valence-corrected chi connectivity index (χ1v) is 6.61. The number of benzene rings is 1. The minimum absolute atomic E-state index is 0.289. The molecule has 0 aromatic heterocycles. The maximum absolute atomic E-state index is 13.4. The monoisotopic (exact) mass is 288 g/mol. The van der Waals surface area contributed by atoms with E-state index in [1.54, 1.807) is 12.1 Å². The van der Waals surface area contributed by atoms with Gasteiger partial charge >= 0.3 is 0 Å². The van der Waals surface area contributed by atoms with Gasteiger partial charge in [0.2, 0.25) is 0 Å². The number of halogens is 2. The van der Waals surface area contributed by atoms with Gasteiger partial charge in [-0.2, -0.15) is 0 Å². The molecule has 0 N–H and O–H groups in total. The molecule has 16 heavy (non-hydrogen) atoms. The smallest absolute Gasteiger partial charge is 0.165 e. The van der Waals surface area contributed by atoms with Crippen molar-refractivity contribution < 1.29 is 9.13 Å². The Hall–Kier alpha value is -0.570. The van der Waals surface area contributed by atoms with Crippen LogP contribution in [-0.4, -0.2) is 11.9 Å². The Bertz CT molecular complexity index is 339. The van der Waals surface area contributed by atoms with E-state index in [9.17, 15) is 4.39 Å². The van der Waals surface area contributed by atoms with Crippen LogP contribution in [-0.2, 0) is 0 Å². The van der Waals surface area contributed by atoms with Crippen molar-refractivity contribution in [2.45, 2.75) is 20.8 Å². The van der Waals surface area contributed by atoms with Crippen molar-refractivity contribution in [3.05, 3.63) is 29.6 Å². The van der Waals surface area contributed by atoms with E-state index in [-0.39, 0.29) is 5.82 Å². The van der Waals surface area contributed by atoms with Crippen LogP contribution in [0.25, 0.3) is 0 Å². The summed E-state index contributed by atoms with van der Waals surface area (Å²) in [6.45, 7) is 6.75. The molecule has 1 aromatic rings. The van der Waals surface area contributed by atoms with Gasteiger partial charge in [-0.05, 0) is 30.5 Å². The van der Waals surface area contributed by atoms with E-state index >= 15 is 0 Å². The maximum Gasteiger partial charge on any atom is 0.165 e. The van der Waals surface area contributed by atoms with Gasteiger partial charge < -0.3 is 4.74 Å². The Kier molecular flexibility index (Phi) is 5.26. The minimum atomic E-state index is -0.289. The third kappa shape index (κ3) is 3.78. The number of alkyl halides is 1. The third-order valence-electron chi connectivity index (χ3n) is 2.68. The van der Waals surface area contributed by atoms with Gasteiger partial charge in [0.25, 0.3) is 0 Å². The quantitative estimate of drug-likeness (QED) is 0.739. The van der Waals surface area contributed by atoms with Crippen molar-refractivity contribution in [2.24, 2.45) is 11.8 Å². The van der Waals surface area contributed by atoms with Crippen molar-refractivity contribution >= 4 is 15.9 Å². The van der Waals surface area contributed by atoms with Crippen molar-refractivity contribution in [1.29, 1.82) is 0 Å². The molecule has 1 unspecified atom stereocenters. The molecule has 0 fully saturated rings. The van der Waals surface area contributed by atoms with Crippen molar-refractivity contribution in [1.82, 2.24) is 0 Å². The molecule has 0 aliphatic carbocycles. The third-order valence-corrected chi connectivity index (χ3v) is 3.51. The first-order chi connectivity index (χ1) is 7.54. The summed E-state index contributed by atoms with van der Waals surface area (Å²) in [4.78, 5) is 0. The fraction of sp³-hybridized carbons (Fsp3) is 0.538. The van der Waals surface area contributed by atoms with Gasteiger partial charge in [-0.15, -0.1) is 0 Å². The van der Waals surface area contributed by atoms with Crippen LogP contribution < -0.4 is 4.74 Å². The number of ether oxygens (including phenoxy) is 1. The van der Waals surface area contributed by atoms with Gasteiger partial charge in [-0.25, -0.2) is 4.39 Å². The lowest BCUT2D eigenvalue weighted by atomic mass is 9.99. The average molecular weight is 289 g/mol. The average Bonchev–Trinajstić information content (AvgIpc) is 2.23. The first-order valence-electron chi connectivity index (χ1n) is 5.49. The molecule has 1 atom stereocenters. The highest BCUT2D eigenvalue weighted by molar-refractivity contribution is 9.09. The lowest BCUT2D eigenvalue weighted by Crippen LogP contribution is -2.19. The Morgan fingerprint density at radius 1 is 1.38 bits per heavy atom. The summed E-state index contributed by atoms with van der Waals surface area (Å²) in [7, 11) is 0. The molecule has 0 amide bonds. The topological polar surface area (TPSA) is 9.23 Å². The summed E-state index contributed by atoms with van der Waals surface area (Å²) in [5, 5.41) is 0.873. The predicted molar refractivity (Wildman–Crippen MR) is 68.8 cm³/mol. The van der Waals surface area contributed by atoms with Gasteiger partial charge in [0.05, 0.1) is 6.61 Å². The molecule has 90 valence electrons. The zero-order chi connectivity index (χ0) is 12.1. The number of rotatable bonds is 5. The molecular weight excluding hydrogens is 271 g/mol. The Labute approximate surface area is 105 Å². The number of hydrogen-bond donors (Lipinski definition) is 0. The summed E-state index contributed by atoms with van der Waals surface area (Å²) in [6, 6.07) is 4.93. The summed E-state index contributed by atoms with van der Waals surface area (Å²) >= 11 is 3.45. The molecule has 3 heteroatoms. The van der Waals surface area contributed by atoms with Crippen molar-refractivity contribution in [3.8, 4) is 5.75 Å². The Morgan fingerprint density at radius 3 is 2.62 bits per heavy atom. The maximum atomic E-state index is 13.4. The minimum Gasteiger partial charge on any atom is -0.490 e. The highest BCUT2D eigenvalue weighted by Crippen LogP contribution is 2.21. The Morgan fingerprint density at radius 2 is 2.06 bits per heavy atom. The highest BCUT2D eigenvalue weighted by atomic mass is 79.9. The van der Waals surface area contributed by atoms with Gasteiger partial charge in [0.15, 0.2) is 11.6 Å². The molecule has 0 saturated carbocycles. The molecule has 0 bridgehead atoms. The fourth-order valence-electron chi connectivity index (χ4n) is 1.33. The van der Waals surface area contributed by atoms with Crippen LogP contribution in [0.5, 0.6) is 5.75 Å². The first kappa shape index (κ1) is 13.5. The Balaban J connectivity index is 2.63. The number of aryl methyl sites for hydroxylation is 1. The summed E-state index contributed by atoms with van der Waals surface area (Å²) in [6.07, 6.45) is 0. The van der Waals surface area contributed by atoms with E-state index < -0.39 is 0 Å². The van der Waals surface area contributed by atoms with E-state index in [2.05, 4.69) is 29.8 Å². The molecule has 1 nitrogen and oxygen atoms in total. The van der Waals surface area contributed by atoms with Gasteiger partial charge in [0, 0.05) is 11.2 Å². The van der Waals surface area contributed by atoms with Crippen molar-refractivity contribution in [2.75, 3.05) is 11.9 Å². The molecule has 0 radical (unpaired) electrons.